The summed E-state index contributed by atoms with van der Waals surface area (Å²) in [6.07, 6.45) is 0. The SMILES string of the molecule is [C-]#[N+]c1c(-n2c3ccccc3c3ccccc32)c(-n2c3ccc(C)cc3c3ccc4c5ccccc5oc4c32)c(-n2c3ccccc3c3ccccc32)c(C#N)c1-n1c2ccc(C)cc2c2ccc3c4ccccc4oc3c21. The summed E-state index contributed by atoms with van der Waals surface area (Å²) in [5, 5.41) is 24.7. The van der Waals surface area contributed by atoms with Crippen LogP contribution in [0.25, 0.3) is 159 Å². The van der Waals surface area contributed by atoms with E-state index in [4.69, 9.17) is 13.7 Å². The van der Waals surface area contributed by atoms with Gasteiger partial charge >= 0.3 is 0 Å². The number of hydrogen-bond acceptors (Lipinski definition) is 3. The fourth-order valence-corrected chi connectivity index (χ4v) is 13.3. The monoisotopic (exact) mass is 996 g/mol. The van der Waals surface area contributed by atoms with Crippen molar-refractivity contribution in [2.24, 2.45) is 0 Å². The Labute approximate surface area is 444 Å². The first-order valence-electron chi connectivity index (χ1n) is 26.2. The van der Waals surface area contributed by atoms with E-state index in [1.54, 1.807) is 0 Å². The summed E-state index contributed by atoms with van der Waals surface area (Å²) in [6, 6.07) is 74.9. The topological polar surface area (TPSA) is 74.2 Å². The zero-order valence-electron chi connectivity index (χ0n) is 42.1. The number of nitrogens with zero attached hydrogens (tertiary/aromatic N) is 6. The van der Waals surface area contributed by atoms with Crippen molar-refractivity contribution < 1.29 is 8.83 Å². The third-order valence-corrected chi connectivity index (χ3v) is 16.5. The van der Waals surface area contributed by atoms with Gasteiger partial charge in [0.15, 0.2) is 11.2 Å². The van der Waals surface area contributed by atoms with Gasteiger partial charge in [-0.05, 0) is 86.6 Å². The summed E-state index contributed by atoms with van der Waals surface area (Å²) in [4.78, 5) is 4.83. The van der Waals surface area contributed by atoms with Gasteiger partial charge in [-0.2, -0.15) is 5.26 Å². The number of fused-ring (bicyclic) bond motifs is 20. The lowest BCUT2D eigenvalue weighted by Crippen LogP contribution is -2.14. The Morgan fingerprint density at radius 3 is 1.17 bits per heavy atom. The average molecular weight is 997 g/mol. The smallest absolute Gasteiger partial charge is 0.237 e. The second-order valence-corrected chi connectivity index (χ2v) is 20.7. The Hall–Kier alpha value is -10.8. The van der Waals surface area contributed by atoms with Crippen LogP contribution in [0, 0.1) is 31.8 Å². The highest BCUT2D eigenvalue weighted by Gasteiger charge is 2.36. The fourth-order valence-electron chi connectivity index (χ4n) is 13.3. The van der Waals surface area contributed by atoms with Gasteiger partial charge in [-0.1, -0.05) is 145 Å². The van der Waals surface area contributed by atoms with Crippen molar-refractivity contribution in [3.05, 3.63) is 234 Å². The number of furan rings is 2. The molecule has 17 rings (SSSR count). The second-order valence-electron chi connectivity index (χ2n) is 20.7. The zero-order chi connectivity index (χ0) is 51.7. The van der Waals surface area contributed by atoms with Crippen LogP contribution in [0.2, 0.25) is 0 Å². The maximum atomic E-state index is 12.8. The van der Waals surface area contributed by atoms with E-state index in [-0.39, 0.29) is 0 Å². The van der Waals surface area contributed by atoms with Crippen molar-refractivity contribution >= 4 is 137 Å². The first kappa shape index (κ1) is 42.5. The molecule has 0 amide bonds. The molecule has 6 aromatic heterocycles. The highest BCUT2D eigenvalue weighted by molar-refractivity contribution is 6.25. The maximum Gasteiger partial charge on any atom is 0.237 e. The lowest BCUT2D eigenvalue weighted by Gasteiger charge is -2.27. The number of nitriles is 1. The number of para-hydroxylation sites is 6. The highest BCUT2D eigenvalue weighted by atomic mass is 16.3. The number of aryl methyl sites for hydroxylation is 2. The summed E-state index contributed by atoms with van der Waals surface area (Å²) in [7, 11) is 0. The molecule has 78 heavy (non-hydrogen) atoms. The van der Waals surface area contributed by atoms with Gasteiger partial charge in [0.1, 0.15) is 17.2 Å². The molecule has 0 saturated heterocycles. The minimum absolute atomic E-state index is 0.295. The van der Waals surface area contributed by atoms with E-state index in [1.165, 1.54) is 0 Å². The number of rotatable bonds is 4. The Kier molecular flexibility index (Phi) is 8.40. The van der Waals surface area contributed by atoms with Gasteiger partial charge in [0.05, 0.1) is 79.0 Å². The fraction of sp³-hybridized carbons (Fsp3) is 0.0286. The van der Waals surface area contributed by atoms with Crippen molar-refractivity contribution in [3.63, 3.8) is 0 Å². The molecule has 0 radical (unpaired) electrons. The number of benzene rings is 11. The Bertz CT molecular complexity index is 5380. The van der Waals surface area contributed by atoms with E-state index in [2.05, 4.69) is 214 Å². The van der Waals surface area contributed by atoms with Crippen LogP contribution in [-0.2, 0) is 0 Å². The standard InChI is InChI=1S/C70H40N6O2/c1-39-28-34-58-51(36-39)47-30-32-49-45-20-8-14-26-60(45)77-69(49)65(47)75(58)63-53(38-71)64(73-54-22-10-4-16-41(54)42-17-5-11-23-55(42)73)68(67(62(63)72-3)74-56-24-12-6-18-43(56)44-19-7-13-25-57(44)74)76-59-35-29-40(2)37-52(59)48-31-33-50-46-21-9-15-27-61(46)78-70(50)66(48)76/h4-37H,1-2H3. The van der Waals surface area contributed by atoms with Gasteiger partial charge in [-0.15, -0.1) is 0 Å². The normalized spacial score (nSPS) is 12.2. The lowest BCUT2D eigenvalue weighted by atomic mass is 10.0. The summed E-state index contributed by atoms with van der Waals surface area (Å²) >= 11 is 0. The zero-order valence-corrected chi connectivity index (χ0v) is 42.1. The van der Waals surface area contributed by atoms with Crippen molar-refractivity contribution in [1.82, 2.24) is 18.3 Å². The minimum atomic E-state index is 0.295. The van der Waals surface area contributed by atoms with Gasteiger partial charge in [0.2, 0.25) is 5.69 Å². The molecule has 0 unspecified atom stereocenters. The molecule has 0 fully saturated rings. The van der Waals surface area contributed by atoms with Crippen molar-refractivity contribution in [2.75, 3.05) is 0 Å². The Balaban J connectivity index is 1.22. The summed E-state index contributed by atoms with van der Waals surface area (Å²) in [5.41, 5.74) is 15.0. The molecule has 0 aliphatic heterocycles. The van der Waals surface area contributed by atoms with Gasteiger partial charge in [-0.3, -0.25) is 0 Å². The summed E-state index contributed by atoms with van der Waals surface area (Å²) in [6.45, 7) is 14.2. The average Bonchev–Trinajstić information content (AvgIpc) is 4.47. The largest absolute Gasteiger partial charge is 0.454 e. The number of hydrogen-bond donors (Lipinski definition) is 0. The molecular formula is C70H40N6O2. The van der Waals surface area contributed by atoms with Crippen molar-refractivity contribution in [2.45, 2.75) is 13.8 Å². The molecule has 0 saturated carbocycles. The van der Waals surface area contributed by atoms with Gasteiger partial charge < -0.3 is 27.1 Å². The third-order valence-electron chi connectivity index (χ3n) is 16.5. The molecule has 362 valence electrons. The highest BCUT2D eigenvalue weighted by Crippen LogP contribution is 2.53. The lowest BCUT2D eigenvalue weighted by molar-refractivity contribution is 0.670. The Morgan fingerprint density at radius 2 is 0.731 bits per heavy atom. The predicted octanol–water partition coefficient (Wildman–Crippen LogP) is 18.9. The molecule has 0 atom stereocenters. The first-order chi connectivity index (χ1) is 38.5. The van der Waals surface area contributed by atoms with Gasteiger partial charge in [0.25, 0.3) is 0 Å². The Morgan fingerprint density at radius 1 is 0.359 bits per heavy atom. The van der Waals surface area contributed by atoms with Crippen molar-refractivity contribution in [1.29, 1.82) is 5.26 Å². The van der Waals surface area contributed by atoms with Crippen LogP contribution in [0.3, 0.4) is 0 Å². The van der Waals surface area contributed by atoms with Crippen LogP contribution < -0.4 is 0 Å². The molecule has 0 bridgehead atoms. The molecule has 0 spiro atoms. The minimum Gasteiger partial charge on any atom is -0.454 e. The van der Waals surface area contributed by atoms with Crippen LogP contribution in [-0.4, -0.2) is 18.3 Å². The van der Waals surface area contributed by atoms with Gasteiger partial charge in [-0.25, -0.2) is 4.85 Å². The summed E-state index contributed by atoms with van der Waals surface area (Å²) < 4.78 is 23.2. The van der Waals surface area contributed by atoms with Crippen LogP contribution >= 0.6 is 0 Å². The van der Waals surface area contributed by atoms with Gasteiger partial charge in [0, 0.05) is 64.6 Å². The quantitative estimate of drug-likeness (QED) is 0.165. The molecule has 11 aromatic carbocycles. The second kappa shape index (κ2) is 15.4. The van der Waals surface area contributed by atoms with E-state index in [9.17, 15) is 11.8 Å². The molecule has 6 heterocycles. The molecule has 0 aliphatic rings. The van der Waals surface area contributed by atoms with E-state index < -0.39 is 0 Å². The summed E-state index contributed by atoms with van der Waals surface area (Å²) in [5.74, 6) is 0. The first-order valence-corrected chi connectivity index (χ1v) is 26.2. The molecule has 17 aromatic rings. The van der Waals surface area contributed by atoms with Crippen LogP contribution in [0.4, 0.5) is 5.69 Å². The molecular weight excluding hydrogens is 957 g/mol. The molecule has 8 nitrogen and oxygen atoms in total. The predicted molar refractivity (Wildman–Crippen MR) is 319 cm³/mol. The van der Waals surface area contributed by atoms with E-state index in [0.29, 0.717) is 45.2 Å². The van der Waals surface area contributed by atoms with E-state index in [1.807, 2.05) is 30.3 Å². The van der Waals surface area contributed by atoms with E-state index >= 15 is 0 Å². The molecule has 0 N–H and O–H groups in total. The third kappa shape index (κ3) is 5.39. The molecule has 0 aliphatic carbocycles. The van der Waals surface area contributed by atoms with Crippen LogP contribution in [0.5, 0.6) is 0 Å². The van der Waals surface area contributed by atoms with E-state index in [0.717, 1.165) is 131 Å². The van der Waals surface area contributed by atoms with Crippen molar-refractivity contribution in [3.8, 4) is 28.8 Å². The number of aromatic nitrogens is 4. The maximum absolute atomic E-state index is 12.8. The van der Waals surface area contributed by atoms with Crippen LogP contribution in [0.15, 0.2) is 215 Å². The molecule has 8 heteroatoms. The van der Waals surface area contributed by atoms with Crippen LogP contribution in [0.1, 0.15) is 16.7 Å².